The summed E-state index contributed by atoms with van der Waals surface area (Å²) < 4.78 is 0. The summed E-state index contributed by atoms with van der Waals surface area (Å²) in [7, 11) is 0. The van der Waals surface area contributed by atoms with Crippen LogP contribution in [-0.2, 0) is 0 Å². The molecule has 0 aromatic carbocycles. The first kappa shape index (κ1) is 8.07. The topological polar surface area (TPSA) is 65.8 Å². The Morgan fingerprint density at radius 2 is 2.55 bits per heavy atom. The van der Waals surface area contributed by atoms with Gasteiger partial charge in [-0.2, -0.15) is 0 Å². The van der Waals surface area contributed by atoms with E-state index in [9.17, 15) is 4.79 Å². The van der Waals surface area contributed by atoms with E-state index < -0.39 is 5.24 Å². The number of halogens is 1. The SMILES string of the molecule is [N-]=[N+]=Nc1ccsc1C(=O)Cl. The monoisotopic (exact) mass is 187 g/mol. The molecule has 0 aliphatic carbocycles. The van der Waals surface area contributed by atoms with Crippen molar-refractivity contribution in [2.45, 2.75) is 0 Å². The molecule has 0 radical (unpaired) electrons. The molecule has 0 N–H and O–H groups in total. The standard InChI is InChI=1S/C5H2ClN3OS/c6-5(10)4-3(8-9-7)1-2-11-4/h1-2H. The van der Waals surface area contributed by atoms with Crippen molar-refractivity contribution < 1.29 is 4.79 Å². The number of thiophene rings is 1. The highest BCUT2D eigenvalue weighted by Crippen LogP contribution is 2.26. The number of hydrogen-bond donors (Lipinski definition) is 0. The minimum Gasteiger partial charge on any atom is -0.275 e. The second-order valence-electron chi connectivity index (χ2n) is 1.60. The van der Waals surface area contributed by atoms with Gasteiger partial charge >= 0.3 is 0 Å². The maximum Gasteiger partial charge on any atom is 0.262 e. The van der Waals surface area contributed by atoms with Crippen molar-refractivity contribution in [1.29, 1.82) is 0 Å². The van der Waals surface area contributed by atoms with Crippen LogP contribution in [0.3, 0.4) is 0 Å². The molecule has 0 saturated carbocycles. The normalized spacial score (nSPS) is 8.82. The van der Waals surface area contributed by atoms with Gasteiger partial charge in [-0.15, -0.1) is 11.3 Å². The van der Waals surface area contributed by atoms with Crippen LogP contribution in [-0.4, -0.2) is 5.24 Å². The van der Waals surface area contributed by atoms with Gasteiger partial charge in [0.1, 0.15) is 0 Å². The zero-order chi connectivity index (χ0) is 8.27. The van der Waals surface area contributed by atoms with E-state index in [0.717, 1.165) is 11.3 Å². The third-order valence-corrected chi connectivity index (χ3v) is 2.18. The quantitative estimate of drug-likeness (QED) is 0.304. The molecule has 1 aromatic rings. The summed E-state index contributed by atoms with van der Waals surface area (Å²) in [5, 5.41) is 4.32. The number of nitrogens with zero attached hydrogens (tertiary/aromatic N) is 3. The van der Waals surface area contributed by atoms with Crippen molar-refractivity contribution in [1.82, 2.24) is 0 Å². The van der Waals surface area contributed by atoms with Crippen molar-refractivity contribution in [3.63, 3.8) is 0 Å². The first-order valence-electron chi connectivity index (χ1n) is 2.58. The van der Waals surface area contributed by atoms with Gasteiger partial charge in [0.25, 0.3) is 5.24 Å². The maximum atomic E-state index is 10.6. The zero-order valence-corrected chi connectivity index (χ0v) is 6.76. The fraction of sp³-hybridized carbons (Fsp3) is 0. The van der Waals surface area contributed by atoms with Crippen LogP contribution in [0.5, 0.6) is 0 Å². The van der Waals surface area contributed by atoms with Gasteiger partial charge in [0.2, 0.25) is 0 Å². The second kappa shape index (κ2) is 3.39. The predicted octanol–water partition coefficient (Wildman–Crippen LogP) is 3.07. The maximum absolute atomic E-state index is 10.6. The number of carbonyl (C=O) groups is 1. The Kier molecular flexibility index (Phi) is 2.48. The Morgan fingerprint density at radius 3 is 3.09 bits per heavy atom. The molecule has 1 rings (SSSR count). The molecule has 0 bridgehead atoms. The van der Waals surface area contributed by atoms with Gasteiger partial charge in [0.05, 0.1) is 10.6 Å². The Morgan fingerprint density at radius 1 is 1.82 bits per heavy atom. The molecule has 6 heteroatoms. The van der Waals surface area contributed by atoms with Gasteiger partial charge in [-0.05, 0) is 28.6 Å². The minimum absolute atomic E-state index is 0.282. The highest BCUT2D eigenvalue weighted by molar-refractivity contribution is 7.14. The van der Waals surface area contributed by atoms with Crippen LogP contribution in [0.4, 0.5) is 5.69 Å². The first-order valence-corrected chi connectivity index (χ1v) is 3.84. The lowest BCUT2D eigenvalue weighted by Gasteiger charge is -1.85. The lowest BCUT2D eigenvalue weighted by Crippen LogP contribution is -1.80. The van der Waals surface area contributed by atoms with E-state index in [2.05, 4.69) is 10.0 Å². The molecule has 4 nitrogen and oxygen atoms in total. The van der Waals surface area contributed by atoms with E-state index in [1.54, 1.807) is 11.4 Å². The highest BCUT2D eigenvalue weighted by atomic mass is 35.5. The minimum atomic E-state index is -0.595. The zero-order valence-electron chi connectivity index (χ0n) is 5.19. The third-order valence-electron chi connectivity index (χ3n) is 0.975. The molecule has 0 aliphatic heterocycles. The predicted molar refractivity (Wildman–Crippen MR) is 43.3 cm³/mol. The van der Waals surface area contributed by atoms with Crippen LogP contribution in [0.2, 0.25) is 0 Å². The molecule has 0 spiro atoms. The van der Waals surface area contributed by atoms with E-state index in [1.165, 1.54) is 0 Å². The molecule has 0 aliphatic rings. The Bertz CT molecular complexity index is 312. The van der Waals surface area contributed by atoms with Gasteiger partial charge in [-0.3, -0.25) is 4.79 Å². The number of hydrogen-bond acceptors (Lipinski definition) is 3. The van der Waals surface area contributed by atoms with Crippen molar-refractivity contribution in [3.05, 3.63) is 26.8 Å². The summed E-state index contributed by atoms with van der Waals surface area (Å²) in [6.45, 7) is 0. The molecule has 0 amide bonds. The Labute approximate surface area is 71.0 Å². The third kappa shape index (κ3) is 1.71. The molecule has 56 valence electrons. The van der Waals surface area contributed by atoms with Crippen LogP contribution in [0.1, 0.15) is 9.67 Å². The largest absolute Gasteiger partial charge is 0.275 e. The number of carbonyl (C=O) groups excluding carboxylic acids is 1. The fourth-order valence-electron chi connectivity index (χ4n) is 0.577. The lowest BCUT2D eigenvalue weighted by molar-refractivity contribution is 0.108. The van der Waals surface area contributed by atoms with Crippen LogP contribution in [0.25, 0.3) is 10.4 Å². The highest BCUT2D eigenvalue weighted by Gasteiger charge is 2.07. The van der Waals surface area contributed by atoms with Crippen molar-refractivity contribution in [2.24, 2.45) is 5.11 Å². The molecular formula is C5H2ClN3OS. The molecule has 1 aromatic heterocycles. The van der Waals surface area contributed by atoms with E-state index >= 15 is 0 Å². The van der Waals surface area contributed by atoms with Gasteiger partial charge in [-0.1, -0.05) is 5.11 Å². The van der Waals surface area contributed by atoms with Crippen LogP contribution >= 0.6 is 22.9 Å². The lowest BCUT2D eigenvalue weighted by atomic mass is 10.4. The summed E-state index contributed by atoms with van der Waals surface area (Å²) in [6.07, 6.45) is 0. The Hall–Kier alpha value is -1.03. The van der Waals surface area contributed by atoms with E-state index in [0.29, 0.717) is 0 Å². The molecule has 1 heterocycles. The first-order chi connectivity index (χ1) is 5.25. The van der Waals surface area contributed by atoms with Gasteiger partial charge < -0.3 is 0 Å². The van der Waals surface area contributed by atoms with Gasteiger partial charge in [0, 0.05) is 4.91 Å². The molecular weight excluding hydrogens is 186 g/mol. The molecule has 0 saturated heterocycles. The summed E-state index contributed by atoms with van der Waals surface area (Å²) >= 11 is 6.32. The summed E-state index contributed by atoms with van der Waals surface area (Å²) in [6, 6.07) is 1.54. The average molecular weight is 188 g/mol. The molecule has 11 heavy (non-hydrogen) atoms. The van der Waals surface area contributed by atoms with Crippen LogP contribution < -0.4 is 0 Å². The Balaban J connectivity index is 3.15. The van der Waals surface area contributed by atoms with E-state index in [-0.39, 0.29) is 10.6 Å². The van der Waals surface area contributed by atoms with Crippen molar-refractivity contribution in [2.75, 3.05) is 0 Å². The molecule has 0 fully saturated rings. The van der Waals surface area contributed by atoms with E-state index in [1.807, 2.05) is 0 Å². The average Bonchev–Trinajstić information content (AvgIpc) is 2.36. The number of azide groups is 1. The fourth-order valence-corrected chi connectivity index (χ4v) is 1.46. The number of rotatable bonds is 2. The molecule has 0 atom stereocenters. The van der Waals surface area contributed by atoms with Crippen LogP contribution in [0.15, 0.2) is 16.6 Å². The van der Waals surface area contributed by atoms with E-state index in [4.69, 9.17) is 17.1 Å². The second-order valence-corrected chi connectivity index (χ2v) is 2.86. The smallest absolute Gasteiger partial charge is 0.262 e. The summed E-state index contributed by atoms with van der Waals surface area (Å²) in [5.41, 5.74) is 8.34. The van der Waals surface area contributed by atoms with Crippen LogP contribution in [0, 0.1) is 0 Å². The summed E-state index contributed by atoms with van der Waals surface area (Å²) in [5.74, 6) is 0. The van der Waals surface area contributed by atoms with Gasteiger partial charge in [0.15, 0.2) is 0 Å². The summed E-state index contributed by atoms with van der Waals surface area (Å²) in [4.78, 5) is 13.4. The van der Waals surface area contributed by atoms with Crippen molar-refractivity contribution >= 4 is 33.9 Å². The van der Waals surface area contributed by atoms with Crippen molar-refractivity contribution in [3.8, 4) is 0 Å². The van der Waals surface area contributed by atoms with Gasteiger partial charge in [-0.25, -0.2) is 0 Å². The molecule has 0 unspecified atom stereocenters.